The van der Waals surface area contributed by atoms with E-state index in [2.05, 4.69) is 21.8 Å². The fraction of sp³-hybridized carbons (Fsp3) is 0.600. The molecule has 2 unspecified atom stereocenters. The molecule has 0 amide bonds. The van der Waals surface area contributed by atoms with E-state index in [9.17, 15) is 4.79 Å². The van der Waals surface area contributed by atoms with Gasteiger partial charge in [0.05, 0.1) is 11.9 Å². The molecule has 1 fully saturated rings. The maximum atomic E-state index is 11.2. The minimum atomic E-state index is -0.342. The van der Waals surface area contributed by atoms with Gasteiger partial charge in [-0.3, -0.25) is 4.79 Å². The van der Waals surface area contributed by atoms with Crippen LogP contribution in [-0.4, -0.2) is 27.7 Å². The Hall–Kier alpha value is -0.680. The zero-order valence-electron chi connectivity index (χ0n) is 9.00. The number of nitrogens with zero attached hydrogens (tertiary/aromatic N) is 1. The number of aromatic nitrogens is 2. The topological polar surface area (TPSA) is 57.8 Å². The third kappa shape index (κ3) is 2.52. The van der Waals surface area contributed by atoms with Gasteiger partial charge in [-0.2, -0.15) is 16.9 Å². The van der Waals surface area contributed by atoms with Crippen LogP contribution in [0, 0.1) is 0 Å². The summed E-state index contributed by atoms with van der Waals surface area (Å²) < 4.78 is 0. The maximum Gasteiger partial charge on any atom is 0.285 e. The number of nitrogens with one attached hydrogen (secondary N) is 2. The predicted molar refractivity (Wildman–Crippen MR) is 68.4 cm³/mol. The Morgan fingerprint density at radius 2 is 2.44 bits per heavy atom. The Labute approximate surface area is 103 Å². The lowest BCUT2D eigenvalue weighted by molar-refractivity contribution is 0.754. The molecule has 4 nitrogen and oxygen atoms in total. The molecule has 0 spiro atoms. The van der Waals surface area contributed by atoms with Crippen LogP contribution in [-0.2, 0) is 0 Å². The zero-order chi connectivity index (χ0) is 11.5. The Bertz CT molecular complexity index is 423. The fourth-order valence-electron chi connectivity index (χ4n) is 1.99. The highest BCUT2D eigenvalue weighted by Crippen LogP contribution is 2.30. The average molecular weight is 260 g/mol. The van der Waals surface area contributed by atoms with E-state index in [0.29, 0.717) is 17.0 Å². The first kappa shape index (κ1) is 11.8. The summed E-state index contributed by atoms with van der Waals surface area (Å²) >= 11 is 7.79. The van der Waals surface area contributed by atoms with Crippen molar-refractivity contribution >= 4 is 29.1 Å². The molecule has 1 aliphatic carbocycles. The summed E-state index contributed by atoms with van der Waals surface area (Å²) in [6.45, 7) is 0. The van der Waals surface area contributed by atoms with E-state index in [1.165, 1.54) is 6.42 Å². The quantitative estimate of drug-likeness (QED) is 0.873. The molecule has 6 heteroatoms. The van der Waals surface area contributed by atoms with Gasteiger partial charge in [0.1, 0.15) is 5.02 Å². The molecule has 0 radical (unpaired) electrons. The van der Waals surface area contributed by atoms with E-state index in [0.717, 1.165) is 12.8 Å². The van der Waals surface area contributed by atoms with Crippen molar-refractivity contribution < 1.29 is 0 Å². The number of thioether (sulfide) groups is 1. The van der Waals surface area contributed by atoms with E-state index in [1.807, 2.05) is 11.8 Å². The summed E-state index contributed by atoms with van der Waals surface area (Å²) in [5.74, 6) is 0. The first-order valence-corrected chi connectivity index (χ1v) is 6.90. The van der Waals surface area contributed by atoms with Gasteiger partial charge in [-0.25, -0.2) is 5.10 Å². The van der Waals surface area contributed by atoms with Crippen LogP contribution in [0.4, 0.5) is 5.69 Å². The zero-order valence-corrected chi connectivity index (χ0v) is 10.6. The molecule has 0 bridgehead atoms. The third-order valence-electron chi connectivity index (χ3n) is 2.87. The monoisotopic (exact) mass is 259 g/mol. The molecular formula is C10H14ClN3OS. The molecule has 0 aliphatic heterocycles. The molecule has 1 aromatic rings. The highest BCUT2D eigenvalue weighted by Gasteiger charge is 2.24. The van der Waals surface area contributed by atoms with Gasteiger partial charge in [0, 0.05) is 11.3 Å². The SMILES string of the molecule is CSC1CCC(Nc2cn[nH]c(=O)c2Cl)C1. The average Bonchev–Trinajstić information content (AvgIpc) is 2.73. The second-order valence-electron chi connectivity index (χ2n) is 3.94. The molecule has 16 heavy (non-hydrogen) atoms. The Kier molecular flexibility index (Phi) is 3.76. The summed E-state index contributed by atoms with van der Waals surface area (Å²) in [6.07, 6.45) is 7.15. The van der Waals surface area contributed by atoms with E-state index >= 15 is 0 Å². The van der Waals surface area contributed by atoms with Gasteiger partial charge in [0.15, 0.2) is 0 Å². The molecule has 1 saturated carbocycles. The first-order chi connectivity index (χ1) is 7.70. The van der Waals surface area contributed by atoms with Crippen LogP contribution >= 0.6 is 23.4 Å². The van der Waals surface area contributed by atoms with Crippen molar-refractivity contribution in [3.63, 3.8) is 0 Å². The summed E-state index contributed by atoms with van der Waals surface area (Å²) in [7, 11) is 0. The number of H-pyrrole nitrogens is 1. The van der Waals surface area contributed by atoms with Crippen LogP contribution in [0.5, 0.6) is 0 Å². The van der Waals surface area contributed by atoms with Crippen LogP contribution in [0.15, 0.2) is 11.0 Å². The van der Waals surface area contributed by atoms with Gasteiger partial charge in [0.25, 0.3) is 5.56 Å². The molecule has 2 N–H and O–H groups in total. The molecule has 0 saturated heterocycles. The number of hydrogen-bond acceptors (Lipinski definition) is 4. The number of hydrogen-bond donors (Lipinski definition) is 2. The van der Waals surface area contributed by atoms with E-state index in [1.54, 1.807) is 6.20 Å². The standard InChI is InChI=1S/C10H14ClN3OS/c1-16-7-3-2-6(4-7)13-8-5-12-14-10(15)9(8)11/h5-7H,2-4H2,1H3,(H2,13,14,15). The summed E-state index contributed by atoms with van der Waals surface area (Å²) in [4.78, 5) is 11.2. The predicted octanol–water partition coefficient (Wildman–Crippen LogP) is 2.12. The maximum absolute atomic E-state index is 11.2. The van der Waals surface area contributed by atoms with Crippen molar-refractivity contribution in [1.82, 2.24) is 10.2 Å². The largest absolute Gasteiger partial charge is 0.380 e. The Morgan fingerprint density at radius 1 is 1.62 bits per heavy atom. The highest BCUT2D eigenvalue weighted by atomic mass is 35.5. The summed E-state index contributed by atoms with van der Waals surface area (Å²) in [5, 5.41) is 10.2. The molecule has 88 valence electrons. The summed E-state index contributed by atoms with van der Waals surface area (Å²) in [5.41, 5.74) is 0.295. The van der Waals surface area contributed by atoms with Gasteiger partial charge < -0.3 is 5.32 Å². The lowest BCUT2D eigenvalue weighted by atomic mass is 10.2. The minimum absolute atomic E-state index is 0.197. The lowest BCUT2D eigenvalue weighted by Gasteiger charge is -2.14. The molecular weight excluding hydrogens is 246 g/mol. The van der Waals surface area contributed by atoms with Crippen molar-refractivity contribution in [3.8, 4) is 0 Å². The van der Waals surface area contributed by atoms with Crippen LogP contribution in [0.1, 0.15) is 19.3 Å². The molecule has 1 aliphatic rings. The van der Waals surface area contributed by atoms with Gasteiger partial charge in [-0.1, -0.05) is 11.6 Å². The smallest absolute Gasteiger partial charge is 0.285 e. The minimum Gasteiger partial charge on any atom is -0.380 e. The van der Waals surface area contributed by atoms with Crippen LogP contribution in [0.25, 0.3) is 0 Å². The lowest BCUT2D eigenvalue weighted by Crippen LogP contribution is -2.19. The number of anilines is 1. The molecule has 1 heterocycles. The Balaban J connectivity index is 2.05. The van der Waals surface area contributed by atoms with Crippen molar-refractivity contribution in [2.75, 3.05) is 11.6 Å². The number of rotatable bonds is 3. The summed E-state index contributed by atoms with van der Waals surface area (Å²) in [6, 6.07) is 0.401. The number of halogens is 1. The van der Waals surface area contributed by atoms with E-state index in [-0.39, 0.29) is 10.6 Å². The second kappa shape index (κ2) is 5.10. The molecule has 0 aromatic carbocycles. The van der Waals surface area contributed by atoms with Crippen molar-refractivity contribution in [3.05, 3.63) is 21.6 Å². The fourth-order valence-corrected chi connectivity index (χ4v) is 2.93. The van der Waals surface area contributed by atoms with Crippen molar-refractivity contribution in [1.29, 1.82) is 0 Å². The van der Waals surface area contributed by atoms with E-state index in [4.69, 9.17) is 11.6 Å². The Morgan fingerprint density at radius 3 is 3.12 bits per heavy atom. The van der Waals surface area contributed by atoms with Crippen LogP contribution in [0.2, 0.25) is 5.02 Å². The van der Waals surface area contributed by atoms with Crippen molar-refractivity contribution in [2.45, 2.75) is 30.6 Å². The van der Waals surface area contributed by atoms with Gasteiger partial charge in [0.2, 0.25) is 0 Å². The first-order valence-electron chi connectivity index (χ1n) is 5.23. The van der Waals surface area contributed by atoms with Gasteiger partial charge >= 0.3 is 0 Å². The van der Waals surface area contributed by atoms with Crippen molar-refractivity contribution in [2.24, 2.45) is 0 Å². The highest BCUT2D eigenvalue weighted by molar-refractivity contribution is 7.99. The molecule has 2 atom stereocenters. The number of aromatic amines is 1. The van der Waals surface area contributed by atoms with Gasteiger partial charge in [-0.15, -0.1) is 0 Å². The van der Waals surface area contributed by atoms with Crippen LogP contribution in [0.3, 0.4) is 0 Å². The van der Waals surface area contributed by atoms with Crippen LogP contribution < -0.4 is 10.9 Å². The molecule has 1 aromatic heterocycles. The third-order valence-corrected chi connectivity index (χ3v) is 4.34. The van der Waals surface area contributed by atoms with Gasteiger partial charge in [-0.05, 0) is 25.5 Å². The van der Waals surface area contributed by atoms with E-state index < -0.39 is 0 Å². The second-order valence-corrected chi connectivity index (χ2v) is 5.45. The normalized spacial score (nSPS) is 24.6. The molecule has 2 rings (SSSR count).